The molecule has 0 fully saturated rings. The fourth-order valence-corrected chi connectivity index (χ4v) is 2.85. The molecule has 0 spiro atoms. The maximum atomic E-state index is 11.9. The van der Waals surface area contributed by atoms with Crippen LogP contribution in [0.5, 0.6) is 0 Å². The Kier molecular flexibility index (Phi) is 5.51. The molecule has 0 saturated carbocycles. The summed E-state index contributed by atoms with van der Waals surface area (Å²) in [5.74, 6) is 0. The van der Waals surface area contributed by atoms with E-state index in [2.05, 4.69) is 25.6 Å². The van der Waals surface area contributed by atoms with E-state index >= 15 is 0 Å². The van der Waals surface area contributed by atoms with Crippen molar-refractivity contribution in [3.8, 4) is 0 Å². The number of hydrogen-bond donors (Lipinski definition) is 2. The van der Waals surface area contributed by atoms with E-state index in [1.54, 1.807) is 22.2 Å². The van der Waals surface area contributed by atoms with Gasteiger partial charge in [0.05, 0.1) is 23.8 Å². The predicted molar refractivity (Wildman–Crippen MR) is 86.7 cm³/mol. The number of likely N-dealkylation sites (N-methyl/N-ethyl adjacent to an activating group) is 1. The molecule has 0 aliphatic rings. The number of hydrogen-bond acceptors (Lipinski definition) is 5. The summed E-state index contributed by atoms with van der Waals surface area (Å²) >= 11 is 1.59. The lowest BCUT2D eigenvalue weighted by Crippen LogP contribution is -2.40. The van der Waals surface area contributed by atoms with Gasteiger partial charge < -0.3 is 15.5 Å². The largest absolute Gasteiger partial charge is 0.336 e. The Bertz CT molecular complexity index is 620. The fourth-order valence-electron chi connectivity index (χ4n) is 2.12. The van der Waals surface area contributed by atoms with E-state index in [1.807, 2.05) is 40.5 Å². The van der Waals surface area contributed by atoms with E-state index in [0.717, 1.165) is 15.4 Å². The molecule has 0 aliphatic heterocycles. The number of carbonyl (C=O) groups is 1. The van der Waals surface area contributed by atoms with Gasteiger partial charge in [0.2, 0.25) is 0 Å². The number of amides is 2. The molecule has 0 aliphatic carbocycles. The van der Waals surface area contributed by atoms with Gasteiger partial charge in [-0.05, 0) is 21.0 Å². The fraction of sp³-hybridized carbons (Fsp3) is 0.500. The van der Waals surface area contributed by atoms with E-state index < -0.39 is 0 Å². The number of thiazole rings is 1. The molecule has 22 heavy (non-hydrogen) atoms. The molecule has 2 amide bonds. The SMILES string of the molecule is Cc1ncc(CNC(=O)NC[C@@H](c2cnn(C)c2)N(C)C)s1. The lowest BCUT2D eigenvalue weighted by Gasteiger charge is -2.23. The first kappa shape index (κ1) is 16.4. The quantitative estimate of drug-likeness (QED) is 0.840. The van der Waals surface area contributed by atoms with Crippen LogP contribution in [-0.2, 0) is 13.6 Å². The Labute approximate surface area is 134 Å². The van der Waals surface area contributed by atoms with Crippen LogP contribution in [0, 0.1) is 6.92 Å². The van der Waals surface area contributed by atoms with Crippen molar-refractivity contribution in [3.05, 3.63) is 34.0 Å². The van der Waals surface area contributed by atoms with Gasteiger partial charge in [0.1, 0.15) is 0 Å². The van der Waals surface area contributed by atoms with E-state index in [4.69, 9.17) is 0 Å². The van der Waals surface area contributed by atoms with Crippen molar-refractivity contribution >= 4 is 17.4 Å². The topological polar surface area (TPSA) is 75.1 Å². The molecule has 7 nitrogen and oxygen atoms in total. The number of carbonyl (C=O) groups excluding carboxylic acids is 1. The van der Waals surface area contributed by atoms with Crippen molar-refractivity contribution < 1.29 is 4.79 Å². The minimum atomic E-state index is -0.179. The molecule has 2 N–H and O–H groups in total. The van der Waals surface area contributed by atoms with Gasteiger partial charge in [0, 0.05) is 36.4 Å². The highest BCUT2D eigenvalue weighted by Crippen LogP contribution is 2.16. The number of aryl methyl sites for hydroxylation is 2. The van der Waals surface area contributed by atoms with Gasteiger partial charge in [-0.1, -0.05) is 0 Å². The van der Waals surface area contributed by atoms with Gasteiger partial charge >= 0.3 is 6.03 Å². The Morgan fingerprint density at radius 1 is 1.41 bits per heavy atom. The van der Waals surface area contributed by atoms with Crippen molar-refractivity contribution in [3.63, 3.8) is 0 Å². The first-order valence-corrected chi connectivity index (χ1v) is 7.85. The van der Waals surface area contributed by atoms with Crippen LogP contribution in [0.2, 0.25) is 0 Å². The number of rotatable bonds is 6. The van der Waals surface area contributed by atoms with E-state index in [-0.39, 0.29) is 12.1 Å². The summed E-state index contributed by atoms with van der Waals surface area (Å²) in [7, 11) is 5.85. The van der Waals surface area contributed by atoms with Gasteiger partial charge in [-0.15, -0.1) is 11.3 Å². The summed E-state index contributed by atoms with van der Waals surface area (Å²) in [6, 6.07) is -0.0908. The summed E-state index contributed by atoms with van der Waals surface area (Å²) in [6.07, 6.45) is 5.58. The molecule has 0 radical (unpaired) electrons. The number of nitrogens with one attached hydrogen (secondary N) is 2. The molecule has 2 heterocycles. The Hall–Kier alpha value is -1.93. The summed E-state index contributed by atoms with van der Waals surface area (Å²) < 4.78 is 1.76. The summed E-state index contributed by atoms with van der Waals surface area (Å²) in [4.78, 5) is 19.2. The second kappa shape index (κ2) is 7.37. The van der Waals surface area contributed by atoms with Gasteiger partial charge in [0.15, 0.2) is 0 Å². The average Bonchev–Trinajstić information content (AvgIpc) is 3.05. The third-order valence-electron chi connectivity index (χ3n) is 3.28. The third kappa shape index (κ3) is 4.54. The van der Waals surface area contributed by atoms with E-state index in [0.29, 0.717) is 13.1 Å². The third-order valence-corrected chi connectivity index (χ3v) is 4.19. The van der Waals surface area contributed by atoms with Crippen LogP contribution in [-0.4, -0.2) is 46.3 Å². The normalized spacial score (nSPS) is 12.4. The second-order valence-corrected chi connectivity index (χ2v) is 6.66. The van der Waals surface area contributed by atoms with Crippen LogP contribution in [0.4, 0.5) is 4.79 Å². The van der Waals surface area contributed by atoms with Crippen molar-refractivity contribution in [2.75, 3.05) is 20.6 Å². The van der Waals surface area contributed by atoms with E-state index in [1.165, 1.54) is 0 Å². The molecular formula is C14H22N6OS. The Morgan fingerprint density at radius 2 is 2.18 bits per heavy atom. The second-order valence-electron chi connectivity index (χ2n) is 5.34. The zero-order valence-electron chi connectivity index (χ0n) is 13.3. The number of nitrogens with zero attached hydrogens (tertiary/aromatic N) is 4. The molecule has 8 heteroatoms. The van der Waals surface area contributed by atoms with Crippen LogP contribution in [0.1, 0.15) is 21.5 Å². The van der Waals surface area contributed by atoms with Gasteiger partial charge in [-0.2, -0.15) is 5.10 Å². The molecular weight excluding hydrogens is 300 g/mol. The van der Waals surface area contributed by atoms with Crippen LogP contribution >= 0.6 is 11.3 Å². The van der Waals surface area contributed by atoms with Gasteiger partial charge in [-0.3, -0.25) is 4.68 Å². The first-order valence-electron chi connectivity index (χ1n) is 7.03. The average molecular weight is 322 g/mol. The van der Waals surface area contributed by atoms with E-state index in [9.17, 15) is 4.79 Å². The number of urea groups is 1. The van der Waals surface area contributed by atoms with Crippen molar-refractivity contribution in [2.45, 2.75) is 19.5 Å². The highest BCUT2D eigenvalue weighted by molar-refractivity contribution is 7.11. The zero-order valence-corrected chi connectivity index (χ0v) is 14.1. The monoisotopic (exact) mass is 322 g/mol. The maximum absolute atomic E-state index is 11.9. The molecule has 2 aromatic heterocycles. The first-order chi connectivity index (χ1) is 10.5. The van der Waals surface area contributed by atoms with Crippen molar-refractivity contribution in [1.29, 1.82) is 0 Å². The molecule has 0 bridgehead atoms. The number of aromatic nitrogens is 3. The molecule has 2 rings (SSSR count). The Balaban J connectivity index is 1.82. The van der Waals surface area contributed by atoms with Crippen LogP contribution in [0.15, 0.2) is 18.6 Å². The highest BCUT2D eigenvalue weighted by atomic mass is 32.1. The Morgan fingerprint density at radius 3 is 2.73 bits per heavy atom. The molecule has 120 valence electrons. The van der Waals surface area contributed by atoms with Gasteiger partial charge in [0.25, 0.3) is 0 Å². The van der Waals surface area contributed by atoms with Crippen molar-refractivity contribution in [2.24, 2.45) is 7.05 Å². The van der Waals surface area contributed by atoms with Crippen LogP contribution < -0.4 is 10.6 Å². The lowest BCUT2D eigenvalue weighted by molar-refractivity contribution is 0.232. The van der Waals surface area contributed by atoms with Gasteiger partial charge in [-0.25, -0.2) is 9.78 Å². The van der Waals surface area contributed by atoms with Crippen molar-refractivity contribution in [1.82, 2.24) is 30.3 Å². The minimum Gasteiger partial charge on any atom is -0.336 e. The summed E-state index contributed by atoms with van der Waals surface area (Å²) in [5.41, 5.74) is 1.07. The lowest BCUT2D eigenvalue weighted by atomic mass is 10.1. The zero-order chi connectivity index (χ0) is 16.1. The van der Waals surface area contributed by atoms with Crippen LogP contribution in [0.25, 0.3) is 0 Å². The molecule has 1 atom stereocenters. The van der Waals surface area contributed by atoms with Crippen LogP contribution in [0.3, 0.4) is 0 Å². The standard InChI is InChI=1S/C14H22N6OS/c1-10-15-6-12(22-10)7-16-14(21)17-8-13(19(2)3)11-5-18-20(4)9-11/h5-6,9,13H,7-8H2,1-4H3,(H2,16,17,21)/t13-/m0/s1. The molecule has 2 aromatic rings. The maximum Gasteiger partial charge on any atom is 0.315 e. The highest BCUT2D eigenvalue weighted by Gasteiger charge is 2.16. The summed E-state index contributed by atoms with van der Waals surface area (Å²) in [5, 5.41) is 10.9. The molecule has 0 unspecified atom stereocenters. The molecule has 0 aromatic carbocycles. The summed E-state index contributed by atoms with van der Waals surface area (Å²) in [6.45, 7) is 2.97. The minimum absolute atomic E-state index is 0.0881. The molecule has 0 saturated heterocycles. The predicted octanol–water partition coefficient (Wildman–Crippen LogP) is 1.29. The smallest absolute Gasteiger partial charge is 0.315 e.